The lowest BCUT2D eigenvalue weighted by Gasteiger charge is -2.28. The quantitative estimate of drug-likeness (QED) is 0.888. The number of hydrogen-bond acceptors (Lipinski definition) is 3. The molecule has 0 radical (unpaired) electrons. The summed E-state index contributed by atoms with van der Waals surface area (Å²) in [5, 5.41) is 8.95. The molecule has 1 saturated carbocycles. The number of aromatic nitrogens is 1. The zero-order chi connectivity index (χ0) is 12.5. The van der Waals surface area contributed by atoms with Crippen LogP contribution in [-0.2, 0) is 4.79 Å². The van der Waals surface area contributed by atoms with E-state index in [1.807, 2.05) is 24.5 Å². The van der Waals surface area contributed by atoms with Crippen molar-refractivity contribution < 1.29 is 9.90 Å². The van der Waals surface area contributed by atoms with Crippen LogP contribution in [0.4, 0.5) is 5.69 Å². The smallest absolute Gasteiger partial charge is 0.303 e. The zero-order valence-corrected chi connectivity index (χ0v) is 10.3. The molecular formula is C14H18N2O2. The molecule has 4 nitrogen and oxygen atoms in total. The van der Waals surface area contributed by atoms with Gasteiger partial charge in [-0.2, -0.15) is 0 Å². The predicted octanol–water partition coefficient (Wildman–Crippen LogP) is 2.16. The molecular weight excluding hydrogens is 228 g/mol. The van der Waals surface area contributed by atoms with Crippen molar-refractivity contribution in [2.45, 2.75) is 31.7 Å². The number of hydrogen-bond donors (Lipinski definition) is 1. The van der Waals surface area contributed by atoms with Crippen LogP contribution in [0.2, 0.25) is 0 Å². The number of nitrogens with zero attached hydrogens (tertiary/aromatic N) is 2. The second kappa shape index (κ2) is 4.59. The fourth-order valence-corrected chi connectivity index (χ4v) is 3.56. The number of rotatable bonds is 3. The summed E-state index contributed by atoms with van der Waals surface area (Å²) in [6, 6.07) is 4.70. The lowest BCUT2D eigenvalue weighted by molar-refractivity contribution is -0.138. The predicted molar refractivity (Wildman–Crippen MR) is 68.5 cm³/mol. The third-order valence-corrected chi connectivity index (χ3v) is 4.42. The van der Waals surface area contributed by atoms with Crippen molar-refractivity contribution in [1.82, 2.24) is 4.98 Å². The first-order valence-corrected chi connectivity index (χ1v) is 6.62. The van der Waals surface area contributed by atoms with Crippen molar-refractivity contribution in [2.75, 3.05) is 11.4 Å². The molecule has 2 heterocycles. The molecule has 1 N–H and O–H groups in total. The summed E-state index contributed by atoms with van der Waals surface area (Å²) in [6.07, 6.45) is 7.32. The van der Waals surface area contributed by atoms with Crippen molar-refractivity contribution in [3.63, 3.8) is 0 Å². The van der Waals surface area contributed by atoms with Gasteiger partial charge in [0.05, 0.1) is 0 Å². The summed E-state index contributed by atoms with van der Waals surface area (Å²) in [6.45, 7) is 1.01. The van der Waals surface area contributed by atoms with E-state index < -0.39 is 5.97 Å². The van der Waals surface area contributed by atoms with Crippen LogP contribution in [0, 0.1) is 11.8 Å². The summed E-state index contributed by atoms with van der Waals surface area (Å²) in [5.41, 5.74) is 1.23. The van der Waals surface area contributed by atoms with Crippen LogP contribution in [0.15, 0.2) is 24.5 Å². The molecule has 3 atom stereocenters. The van der Waals surface area contributed by atoms with Crippen LogP contribution in [0.1, 0.15) is 25.7 Å². The van der Waals surface area contributed by atoms with E-state index in [4.69, 9.17) is 5.11 Å². The monoisotopic (exact) mass is 246 g/mol. The molecule has 96 valence electrons. The van der Waals surface area contributed by atoms with Crippen molar-refractivity contribution in [3.8, 4) is 0 Å². The van der Waals surface area contributed by atoms with E-state index in [-0.39, 0.29) is 0 Å². The molecule has 18 heavy (non-hydrogen) atoms. The molecule has 1 aromatic heterocycles. The third kappa shape index (κ3) is 2.07. The van der Waals surface area contributed by atoms with Gasteiger partial charge in [-0.25, -0.2) is 0 Å². The number of carbonyl (C=O) groups is 1. The van der Waals surface area contributed by atoms with Crippen LogP contribution in [0.5, 0.6) is 0 Å². The molecule has 1 saturated heterocycles. The summed E-state index contributed by atoms with van der Waals surface area (Å²) < 4.78 is 0. The number of pyridine rings is 1. The van der Waals surface area contributed by atoms with E-state index in [1.165, 1.54) is 5.69 Å². The van der Waals surface area contributed by atoms with Gasteiger partial charge in [0.15, 0.2) is 0 Å². The minimum atomic E-state index is -0.652. The number of carboxylic acid groups (broad SMARTS) is 1. The average Bonchev–Trinajstić information content (AvgIpc) is 2.72. The van der Waals surface area contributed by atoms with E-state index in [0.29, 0.717) is 24.3 Å². The Morgan fingerprint density at radius 3 is 2.89 bits per heavy atom. The fraction of sp³-hybridized carbons (Fsp3) is 0.571. The molecule has 4 heteroatoms. The van der Waals surface area contributed by atoms with Gasteiger partial charge in [-0.3, -0.25) is 9.78 Å². The maximum absolute atomic E-state index is 10.9. The average molecular weight is 246 g/mol. The standard InChI is InChI=1S/C14H18N2O2/c17-14(18)8-10-1-2-13-7-11(10)9-16(13)12-3-5-15-6-4-12/h3-6,10-11,13H,1-2,7-9H2,(H,17,18). The normalized spacial score (nSPS) is 30.4. The Bertz CT molecular complexity index is 435. The second-order valence-electron chi connectivity index (χ2n) is 5.44. The molecule has 0 spiro atoms. The molecule has 1 aromatic rings. The summed E-state index contributed by atoms with van der Waals surface area (Å²) in [4.78, 5) is 17.4. The van der Waals surface area contributed by atoms with Crippen LogP contribution >= 0.6 is 0 Å². The number of anilines is 1. The Hall–Kier alpha value is -1.58. The fourth-order valence-electron chi connectivity index (χ4n) is 3.56. The van der Waals surface area contributed by atoms with E-state index in [2.05, 4.69) is 9.88 Å². The molecule has 0 aromatic carbocycles. The van der Waals surface area contributed by atoms with Gasteiger partial charge in [-0.05, 0) is 43.2 Å². The lowest BCUT2D eigenvalue weighted by Crippen LogP contribution is -2.28. The summed E-state index contributed by atoms with van der Waals surface area (Å²) in [5.74, 6) is 0.263. The van der Waals surface area contributed by atoms with Gasteiger partial charge < -0.3 is 10.0 Å². The van der Waals surface area contributed by atoms with Gasteiger partial charge in [-0.15, -0.1) is 0 Å². The largest absolute Gasteiger partial charge is 0.481 e. The van der Waals surface area contributed by atoms with Crippen molar-refractivity contribution in [2.24, 2.45) is 11.8 Å². The number of aliphatic carboxylic acids is 1. The van der Waals surface area contributed by atoms with Crippen LogP contribution < -0.4 is 4.90 Å². The van der Waals surface area contributed by atoms with Crippen molar-refractivity contribution in [3.05, 3.63) is 24.5 Å². The van der Waals surface area contributed by atoms with Crippen LogP contribution in [0.3, 0.4) is 0 Å². The Morgan fingerprint density at radius 2 is 2.17 bits per heavy atom. The van der Waals surface area contributed by atoms with Crippen molar-refractivity contribution >= 4 is 11.7 Å². The summed E-state index contributed by atoms with van der Waals surface area (Å²) >= 11 is 0. The highest BCUT2D eigenvalue weighted by molar-refractivity contribution is 5.67. The van der Waals surface area contributed by atoms with Gasteiger partial charge in [0.2, 0.25) is 0 Å². The molecule has 1 aliphatic heterocycles. The SMILES string of the molecule is O=C(O)CC1CCC2CC1CN2c1ccncc1. The van der Waals surface area contributed by atoms with Gasteiger partial charge in [0, 0.05) is 37.1 Å². The molecule has 2 fully saturated rings. The molecule has 0 amide bonds. The molecule has 1 aliphatic carbocycles. The highest BCUT2D eigenvalue weighted by atomic mass is 16.4. The Balaban J connectivity index is 1.74. The Morgan fingerprint density at radius 1 is 1.39 bits per heavy atom. The maximum atomic E-state index is 10.9. The summed E-state index contributed by atoms with van der Waals surface area (Å²) in [7, 11) is 0. The van der Waals surface area contributed by atoms with Gasteiger partial charge in [0.25, 0.3) is 0 Å². The Kier molecular flexibility index (Phi) is 2.94. The van der Waals surface area contributed by atoms with Gasteiger partial charge in [-0.1, -0.05) is 0 Å². The minimum Gasteiger partial charge on any atom is -0.481 e. The first-order chi connectivity index (χ1) is 8.74. The van der Waals surface area contributed by atoms with E-state index in [1.54, 1.807) is 0 Å². The zero-order valence-electron chi connectivity index (χ0n) is 10.3. The third-order valence-electron chi connectivity index (χ3n) is 4.42. The van der Waals surface area contributed by atoms with E-state index in [9.17, 15) is 4.79 Å². The van der Waals surface area contributed by atoms with E-state index in [0.717, 1.165) is 25.8 Å². The first-order valence-electron chi connectivity index (χ1n) is 6.62. The lowest BCUT2D eigenvalue weighted by atomic mass is 9.78. The minimum absolute atomic E-state index is 0.335. The Labute approximate surface area is 107 Å². The molecule has 3 rings (SSSR count). The second-order valence-corrected chi connectivity index (χ2v) is 5.44. The number of fused-ring (bicyclic) bond motifs is 2. The molecule has 2 aliphatic rings. The van der Waals surface area contributed by atoms with Crippen LogP contribution in [-0.4, -0.2) is 28.6 Å². The highest BCUT2D eigenvalue weighted by Crippen LogP contribution is 2.42. The number of carboxylic acids is 1. The molecule has 2 bridgehead atoms. The van der Waals surface area contributed by atoms with E-state index >= 15 is 0 Å². The van der Waals surface area contributed by atoms with Gasteiger partial charge in [0.1, 0.15) is 0 Å². The highest BCUT2D eigenvalue weighted by Gasteiger charge is 2.41. The van der Waals surface area contributed by atoms with Crippen molar-refractivity contribution in [1.29, 1.82) is 0 Å². The molecule has 3 unspecified atom stereocenters. The first kappa shape index (κ1) is 11.5. The maximum Gasteiger partial charge on any atom is 0.303 e. The topological polar surface area (TPSA) is 53.4 Å². The van der Waals surface area contributed by atoms with Gasteiger partial charge >= 0.3 is 5.97 Å². The van der Waals surface area contributed by atoms with Crippen LogP contribution in [0.25, 0.3) is 0 Å².